The highest BCUT2D eigenvalue weighted by Gasteiger charge is 2.29. The molecule has 1 saturated carbocycles. The fourth-order valence-electron chi connectivity index (χ4n) is 3.52. The van der Waals surface area contributed by atoms with Crippen LogP contribution >= 0.6 is 0 Å². The van der Waals surface area contributed by atoms with Crippen LogP contribution in [0.5, 0.6) is 0 Å². The van der Waals surface area contributed by atoms with Gasteiger partial charge in [-0.25, -0.2) is 0 Å². The minimum absolute atomic E-state index is 0.373. The van der Waals surface area contributed by atoms with E-state index < -0.39 is 0 Å². The van der Waals surface area contributed by atoms with Gasteiger partial charge in [-0.2, -0.15) is 0 Å². The van der Waals surface area contributed by atoms with Gasteiger partial charge in [-0.05, 0) is 43.9 Å². The first kappa shape index (κ1) is 14.1. The Kier molecular flexibility index (Phi) is 4.11. The lowest BCUT2D eigenvalue weighted by molar-refractivity contribution is 0.0635. The molecule has 0 radical (unpaired) electrons. The maximum atomic E-state index is 6.12. The number of likely N-dealkylation sites (N-methyl/N-ethyl adjacent to an activating group) is 1. The Balaban J connectivity index is 1.80. The summed E-state index contributed by atoms with van der Waals surface area (Å²) in [5, 5.41) is 0. The van der Waals surface area contributed by atoms with Crippen LogP contribution in [0.3, 0.4) is 0 Å². The van der Waals surface area contributed by atoms with Gasteiger partial charge in [0.25, 0.3) is 0 Å². The van der Waals surface area contributed by atoms with Crippen LogP contribution in [0.25, 0.3) is 0 Å². The molecule has 3 heteroatoms. The third kappa shape index (κ3) is 2.90. The second-order valence-corrected chi connectivity index (χ2v) is 6.54. The van der Waals surface area contributed by atoms with Gasteiger partial charge in [0.1, 0.15) is 0 Å². The molecule has 2 aliphatic rings. The Hall–Kier alpha value is -0.900. The minimum atomic E-state index is 0.373. The van der Waals surface area contributed by atoms with Gasteiger partial charge in [-0.15, -0.1) is 0 Å². The van der Waals surface area contributed by atoms with Crippen molar-refractivity contribution in [3.63, 3.8) is 0 Å². The van der Waals surface area contributed by atoms with Gasteiger partial charge < -0.3 is 10.6 Å². The maximum Gasteiger partial charge on any atom is 0.0474 e. The lowest BCUT2D eigenvalue weighted by Crippen LogP contribution is -2.52. The Labute approximate surface area is 122 Å². The zero-order chi connectivity index (χ0) is 14.1. The van der Waals surface area contributed by atoms with E-state index in [0.29, 0.717) is 18.6 Å². The van der Waals surface area contributed by atoms with Gasteiger partial charge in [0, 0.05) is 38.3 Å². The quantitative estimate of drug-likeness (QED) is 0.913. The topological polar surface area (TPSA) is 32.5 Å². The third-order valence-electron chi connectivity index (χ3n) is 4.85. The van der Waals surface area contributed by atoms with Crippen LogP contribution in [-0.4, -0.2) is 49.1 Å². The smallest absolute Gasteiger partial charge is 0.0474 e. The average Bonchev–Trinajstić information content (AvgIpc) is 3.27. The summed E-state index contributed by atoms with van der Waals surface area (Å²) >= 11 is 0. The zero-order valence-corrected chi connectivity index (χ0v) is 12.8. The molecule has 0 bridgehead atoms. The molecule has 2 unspecified atom stereocenters. The van der Waals surface area contributed by atoms with Gasteiger partial charge >= 0.3 is 0 Å². The van der Waals surface area contributed by atoms with Crippen LogP contribution in [0.2, 0.25) is 0 Å². The van der Waals surface area contributed by atoms with Crippen LogP contribution < -0.4 is 5.73 Å². The summed E-state index contributed by atoms with van der Waals surface area (Å²) in [7, 11) is 2.21. The van der Waals surface area contributed by atoms with Gasteiger partial charge in [0.05, 0.1) is 0 Å². The fraction of sp³-hybridized carbons (Fsp3) is 0.647. The fourth-order valence-corrected chi connectivity index (χ4v) is 3.52. The number of rotatable bonds is 4. The highest BCUT2D eigenvalue weighted by Crippen LogP contribution is 2.41. The number of benzene rings is 1. The van der Waals surface area contributed by atoms with Gasteiger partial charge in [0.15, 0.2) is 0 Å². The van der Waals surface area contributed by atoms with Crippen LogP contribution in [0.15, 0.2) is 24.3 Å². The van der Waals surface area contributed by atoms with E-state index in [4.69, 9.17) is 5.73 Å². The molecular formula is C17H27N3. The number of piperazine rings is 1. The van der Waals surface area contributed by atoms with Crippen molar-refractivity contribution < 1.29 is 0 Å². The Morgan fingerprint density at radius 3 is 2.75 bits per heavy atom. The molecular weight excluding hydrogens is 246 g/mol. The van der Waals surface area contributed by atoms with Gasteiger partial charge in [0.2, 0.25) is 0 Å². The van der Waals surface area contributed by atoms with E-state index in [2.05, 4.69) is 48.0 Å². The van der Waals surface area contributed by atoms with E-state index in [0.717, 1.165) is 25.6 Å². The number of hydrogen-bond acceptors (Lipinski definition) is 3. The lowest BCUT2D eigenvalue weighted by Gasteiger charge is -2.42. The van der Waals surface area contributed by atoms with E-state index >= 15 is 0 Å². The van der Waals surface area contributed by atoms with Crippen molar-refractivity contribution in [3.8, 4) is 0 Å². The predicted octanol–water partition coefficient (Wildman–Crippen LogP) is 2.20. The summed E-state index contributed by atoms with van der Waals surface area (Å²) in [6, 6.07) is 10.1. The Bertz CT molecular complexity index is 455. The molecule has 0 spiro atoms. The predicted molar refractivity (Wildman–Crippen MR) is 83.9 cm³/mol. The molecule has 2 atom stereocenters. The summed E-state index contributed by atoms with van der Waals surface area (Å²) in [4.78, 5) is 5.00. The van der Waals surface area contributed by atoms with Crippen LogP contribution in [0.1, 0.15) is 42.9 Å². The monoisotopic (exact) mass is 273 g/mol. The molecule has 110 valence electrons. The summed E-state index contributed by atoms with van der Waals surface area (Å²) < 4.78 is 0. The molecule has 3 rings (SSSR count). The standard InChI is InChI=1S/C17H27N3/c1-13-12-19(2)8-9-20(13)17(11-18)16-5-3-4-15(10-16)14-6-7-14/h3-5,10,13-14,17H,6-9,11-12,18H2,1-2H3. The second kappa shape index (κ2) is 5.84. The SMILES string of the molecule is CC1CN(C)CCN1C(CN)c1cccc(C2CC2)c1. The molecule has 2 N–H and O–H groups in total. The molecule has 2 fully saturated rings. The van der Waals surface area contributed by atoms with Crippen molar-refractivity contribution >= 4 is 0 Å². The highest BCUT2D eigenvalue weighted by atomic mass is 15.3. The van der Waals surface area contributed by atoms with E-state index in [9.17, 15) is 0 Å². The Morgan fingerprint density at radius 1 is 1.30 bits per heavy atom. The first-order valence-corrected chi connectivity index (χ1v) is 7.93. The van der Waals surface area contributed by atoms with Gasteiger partial charge in [-0.3, -0.25) is 4.90 Å². The summed E-state index contributed by atoms with van der Waals surface area (Å²) in [6.45, 7) is 6.43. The van der Waals surface area contributed by atoms with Crippen molar-refractivity contribution in [2.75, 3.05) is 33.2 Å². The number of nitrogens with two attached hydrogens (primary N) is 1. The molecule has 1 heterocycles. The largest absolute Gasteiger partial charge is 0.329 e. The summed E-state index contributed by atoms with van der Waals surface area (Å²) in [5.41, 5.74) is 9.05. The molecule has 0 amide bonds. The lowest BCUT2D eigenvalue weighted by atomic mass is 9.98. The van der Waals surface area contributed by atoms with E-state index in [1.807, 2.05) is 0 Å². The minimum Gasteiger partial charge on any atom is -0.329 e. The normalized spacial score (nSPS) is 26.6. The van der Waals surface area contributed by atoms with Crippen molar-refractivity contribution in [1.82, 2.24) is 9.80 Å². The maximum absolute atomic E-state index is 6.12. The van der Waals surface area contributed by atoms with Crippen molar-refractivity contribution in [2.45, 2.75) is 37.8 Å². The molecule has 1 aromatic rings. The molecule has 0 aromatic heterocycles. The molecule has 3 nitrogen and oxygen atoms in total. The second-order valence-electron chi connectivity index (χ2n) is 6.54. The first-order valence-electron chi connectivity index (χ1n) is 7.93. The molecule has 1 aromatic carbocycles. The highest BCUT2D eigenvalue weighted by molar-refractivity contribution is 5.31. The van der Waals surface area contributed by atoms with Crippen LogP contribution in [-0.2, 0) is 0 Å². The molecule has 1 saturated heterocycles. The number of hydrogen-bond donors (Lipinski definition) is 1. The first-order chi connectivity index (χ1) is 9.69. The zero-order valence-electron chi connectivity index (χ0n) is 12.8. The summed E-state index contributed by atoms with van der Waals surface area (Å²) in [5.74, 6) is 0.818. The number of nitrogens with zero attached hydrogens (tertiary/aromatic N) is 2. The Morgan fingerprint density at radius 2 is 2.10 bits per heavy atom. The van der Waals surface area contributed by atoms with Crippen molar-refractivity contribution in [2.24, 2.45) is 5.73 Å². The van der Waals surface area contributed by atoms with Gasteiger partial charge in [-0.1, -0.05) is 24.3 Å². The van der Waals surface area contributed by atoms with Crippen molar-refractivity contribution in [3.05, 3.63) is 35.4 Å². The van der Waals surface area contributed by atoms with E-state index in [1.54, 1.807) is 0 Å². The van der Waals surface area contributed by atoms with Crippen molar-refractivity contribution in [1.29, 1.82) is 0 Å². The van der Waals surface area contributed by atoms with Crippen LogP contribution in [0.4, 0.5) is 0 Å². The molecule has 1 aliphatic heterocycles. The van der Waals surface area contributed by atoms with Crippen LogP contribution in [0, 0.1) is 0 Å². The average molecular weight is 273 g/mol. The van der Waals surface area contributed by atoms with E-state index in [1.165, 1.54) is 24.0 Å². The molecule has 1 aliphatic carbocycles. The van der Waals surface area contributed by atoms with E-state index in [-0.39, 0.29) is 0 Å². The third-order valence-corrected chi connectivity index (χ3v) is 4.85. The summed E-state index contributed by atoms with van der Waals surface area (Å²) in [6.07, 6.45) is 2.73. The molecule has 20 heavy (non-hydrogen) atoms.